The van der Waals surface area contributed by atoms with E-state index in [1.807, 2.05) is 0 Å². The van der Waals surface area contributed by atoms with E-state index in [4.69, 9.17) is 9.72 Å². The third-order valence-electron chi connectivity index (χ3n) is 4.20. The maximum absolute atomic E-state index is 12.1. The molecule has 1 aliphatic carbocycles. The molecule has 2 aliphatic rings. The maximum Gasteiger partial charge on any atom is 0.264 e. The van der Waals surface area contributed by atoms with Crippen molar-refractivity contribution in [2.75, 3.05) is 13.2 Å². The zero-order valence-electron chi connectivity index (χ0n) is 11.0. The monoisotopic (exact) mass is 374 g/mol. The summed E-state index contributed by atoms with van der Waals surface area (Å²) in [4.78, 5) is 19.9. The van der Waals surface area contributed by atoms with Gasteiger partial charge in [0.1, 0.15) is 5.82 Å². The summed E-state index contributed by atoms with van der Waals surface area (Å²) >= 11 is 2.14. The van der Waals surface area contributed by atoms with Crippen molar-refractivity contribution in [2.24, 2.45) is 0 Å². The molecule has 5 heteroatoms. The highest BCUT2D eigenvalue weighted by molar-refractivity contribution is 14.1. The van der Waals surface area contributed by atoms with Crippen molar-refractivity contribution in [2.45, 2.75) is 50.4 Å². The van der Waals surface area contributed by atoms with Crippen LogP contribution in [-0.2, 0) is 4.74 Å². The minimum absolute atomic E-state index is 0.0260. The molecule has 0 radical (unpaired) electrons. The fourth-order valence-electron chi connectivity index (χ4n) is 3.11. The molecule has 1 aliphatic heterocycles. The number of nitrogens with zero attached hydrogens (tertiary/aromatic N) is 1. The molecule has 1 saturated heterocycles. The van der Waals surface area contributed by atoms with Gasteiger partial charge in [0.15, 0.2) is 0 Å². The predicted octanol–water partition coefficient (Wildman–Crippen LogP) is 2.93. The second-order valence-electron chi connectivity index (χ2n) is 5.55. The van der Waals surface area contributed by atoms with E-state index in [1.165, 1.54) is 25.7 Å². The number of hydrogen-bond donors (Lipinski definition) is 1. The number of H-pyrrole nitrogens is 1. The summed E-state index contributed by atoms with van der Waals surface area (Å²) in [5.41, 5.74) is 1.06. The van der Waals surface area contributed by atoms with Crippen molar-refractivity contribution < 1.29 is 4.74 Å². The Hall–Kier alpha value is -0.430. The first-order valence-electron chi connectivity index (χ1n) is 7.13. The van der Waals surface area contributed by atoms with Crippen molar-refractivity contribution in [1.82, 2.24) is 9.97 Å². The molecule has 1 saturated carbocycles. The van der Waals surface area contributed by atoms with Gasteiger partial charge < -0.3 is 9.72 Å². The van der Waals surface area contributed by atoms with Gasteiger partial charge in [0.2, 0.25) is 0 Å². The number of ether oxygens (including phenoxy) is 1. The Morgan fingerprint density at radius 1 is 1.16 bits per heavy atom. The van der Waals surface area contributed by atoms with Crippen LogP contribution in [0.3, 0.4) is 0 Å². The molecule has 19 heavy (non-hydrogen) atoms. The Kier molecular flexibility index (Phi) is 4.21. The number of rotatable bonds is 2. The summed E-state index contributed by atoms with van der Waals surface area (Å²) in [5.74, 6) is 1.59. The van der Waals surface area contributed by atoms with Gasteiger partial charge in [0.05, 0.1) is 15.9 Å². The number of aromatic amines is 1. The summed E-state index contributed by atoms with van der Waals surface area (Å²) in [6.45, 7) is 1.52. The average molecular weight is 374 g/mol. The Morgan fingerprint density at radius 2 is 1.89 bits per heavy atom. The van der Waals surface area contributed by atoms with Crippen LogP contribution in [0, 0.1) is 3.57 Å². The molecule has 1 unspecified atom stereocenters. The quantitative estimate of drug-likeness (QED) is 0.810. The summed E-state index contributed by atoms with van der Waals surface area (Å²) in [6.07, 6.45) is 6.99. The Labute approximate surface area is 126 Å². The van der Waals surface area contributed by atoms with E-state index in [0.717, 1.165) is 34.5 Å². The number of hydrogen-bond acceptors (Lipinski definition) is 3. The molecule has 0 aromatic carbocycles. The Bertz CT molecular complexity index is 503. The van der Waals surface area contributed by atoms with Crippen LogP contribution in [0.2, 0.25) is 0 Å². The van der Waals surface area contributed by atoms with Gasteiger partial charge in [0, 0.05) is 18.4 Å². The topological polar surface area (TPSA) is 55.0 Å². The van der Waals surface area contributed by atoms with E-state index in [2.05, 4.69) is 27.6 Å². The Morgan fingerprint density at radius 3 is 2.58 bits per heavy atom. The lowest BCUT2D eigenvalue weighted by Crippen LogP contribution is -2.25. The zero-order valence-corrected chi connectivity index (χ0v) is 13.1. The largest absolute Gasteiger partial charge is 0.381 e. The van der Waals surface area contributed by atoms with Gasteiger partial charge in [-0.15, -0.1) is 0 Å². The van der Waals surface area contributed by atoms with Crippen LogP contribution < -0.4 is 5.56 Å². The van der Waals surface area contributed by atoms with Gasteiger partial charge in [0.25, 0.3) is 5.56 Å². The summed E-state index contributed by atoms with van der Waals surface area (Å²) in [6, 6.07) is 0. The second kappa shape index (κ2) is 5.91. The molecule has 4 nitrogen and oxygen atoms in total. The summed E-state index contributed by atoms with van der Waals surface area (Å²) in [5, 5.41) is 0. The van der Waals surface area contributed by atoms with Gasteiger partial charge in [-0.3, -0.25) is 4.79 Å². The van der Waals surface area contributed by atoms with E-state index in [0.29, 0.717) is 12.5 Å². The van der Waals surface area contributed by atoms with Crippen LogP contribution in [0.5, 0.6) is 0 Å². The third kappa shape index (κ3) is 2.86. The van der Waals surface area contributed by atoms with Crippen LogP contribution >= 0.6 is 22.6 Å². The van der Waals surface area contributed by atoms with E-state index >= 15 is 0 Å². The molecule has 0 amide bonds. The van der Waals surface area contributed by atoms with Gasteiger partial charge in [-0.05, 0) is 48.3 Å². The normalized spacial score (nSPS) is 24.8. The maximum atomic E-state index is 12.1. The lowest BCUT2D eigenvalue weighted by Gasteiger charge is -2.22. The van der Waals surface area contributed by atoms with E-state index in [1.54, 1.807) is 0 Å². The molecule has 1 atom stereocenters. The standard InChI is InChI=1S/C14H19IN2O2/c15-11-12(9-4-1-2-5-9)16-13(17-14(11)18)10-6-3-7-19-8-10/h9-10H,1-8H2,(H,16,17,18). The molecule has 3 rings (SSSR count). The smallest absolute Gasteiger partial charge is 0.264 e. The first kappa shape index (κ1) is 13.5. The van der Waals surface area contributed by atoms with E-state index in [-0.39, 0.29) is 11.5 Å². The fraction of sp³-hybridized carbons (Fsp3) is 0.714. The minimum atomic E-state index is 0.0260. The van der Waals surface area contributed by atoms with Crippen molar-refractivity contribution in [3.8, 4) is 0 Å². The summed E-state index contributed by atoms with van der Waals surface area (Å²) < 4.78 is 6.29. The van der Waals surface area contributed by atoms with Crippen LogP contribution in [0.25, 0.3) is 0 Å². The van der Waals surface area contributed by atoms with Gasteiger partial charge in [-0.25, -0.2) is 4.98 Å². The Balaban J connectivity index is 1.94. The van der Waals surface area contributed by atoms with Crippen molar-refractivity contribution >= 4 is 22.6 Å². The molecule has 1 aromatic rings. The van der Waals surface area contributed by atoms with Gasteiger partial charge >= 0.3 is 0 Å². The van der Waals surface area contributed by atoms with Crippen molar-refractivity contribution in [3.05, 3.63) is 25.4 Å². The molecular formula is C14H19IN2O2. The van der Waals surface area contributed by atoms with Crippen LogP contribution in [0.1, 0.15) is 61.9 Å². The van der Waals surface area contributed by atoms with Crippen molar-refractivity contribution in [1.29, 1.82) is 0 Å². The van der Waals surface area contributed by atoms with Crippen LogP contribution in [0.15, 0.2) is 4.79 Å². The number of halogens is 1. The molecule has 0 bridgehead atoms. The lowest BCUT2D eigenvalue weighted by molar-refractivity contribution is 0.0779. The van der Waals surface area contributed by atoms with E-state index < -0.39 is 0 Å². The number of nitrogens with one attached hydrogen (secondary N) is 1. The fourth-order valence-corrected chi connectivity index (χ4v) is 3.81. The van der Waals surface area contributed by atoms with Gasteiger partial charge in [-0.1, -0.05) is 12.8 Å². The third-order valence-corrected chi connectivity index (χ3v) is 5.24. The lowest BCUT2D eigenvalue weighted by atomic mass is 10.00. The molecule has 2 fully saturated rings. The highest BCUT2D eigenvalue weighted by Gasteiger charge is 2.25. The molecule has 1 aromatic heterocycles. The average Bonchev–Trinajstić information content (AvgIpc) is 2.96. The van der Waals surface area contributed by atoms with E-state index in [9.17, 15) is 4.79 Å². The van der Waals surface area contributed by atoms with Crippen molar-refractivity contribution in [3.63, 3.8) is 0 Å². The SMILES string of the molecule is O=c1[nH]c(C2CCCOC2)nc(C2CCCC2)c1I. The molecular weight excluding hydrogens is 355 g/mol. The van der Waals surface area contributed by atoms with Gasteiger partial charge in [-0.2, -0.15) is 0 Å². The summed E-state index contributed by atoms with van der Waals surface area (Å²) in [7, 11) is 0. The molecule has 0 spiro atoms. The first-order valence-corrected chi connectivity index (χ1v) is 8.21. The highest BCUT2D eigenvalue weighted by Crippen LogP contribution is 2.35. The first-order chi connectivity index (χ1) is 9.25. The van der Waals surface area contributed by atoms with Crippen LogP contribution in [0.4, 0.5) is 0 Å². The minimum Gasteiger partial charge on any atom is -0.381 e. The second-order valence-corrected chi connectivity index (χ2v) is 6.62. The van der Waals surface area contributed by atoms with Crippen LogP contribution in [-0.4, -0.2) is 23.2 Å². The predicted molar refractivity (Wildman–Crippen MR) is 81.6 cm³/mol. The number of aromatic nitrogens is 2. The molecule has 1 N–H and O–H groups in total. The molecule has 104 valence electrons. The highest BCUT2D eigenvalue weighted by atomic mass is 127. The molecule has 2 heterocycles. The zero-order chi connectivity index (χ0) is 13.2.